The molecule has 0 saturated heterocycles. The van der Waals surface area contributed by atoms with Crippen LogP contribution in [0.15, 0.2) is 36.5 Å². The number of rotatable bonds is 8. The molecule has 3 N–H and O–H groups in total. The average molecular weight is 451 g/mol. The van der Waals surface area contributed by atoms with Gasteiger partial charge in [0.1, 0.15) is 17.2 Å². The molecule has 0 fully saturated rings. The van der Waals surface area contributed by atoms with Crippen molar-refractivity contribution in [2.45, 2.75) is 58.3 Å². The minimum atomic E-state index is -4.34. The number of ketones is 1. The second-order valence-corrected chi connectivity index (χ2v) is 8.75. The lowest BCUT2D eigenvalue weighted by Crippen LogP contribution is -2.40. The number of Topliss-reactive ketones (excluding diaryl/α,β-unsaturated/α-hetero) is 1. The molecule has 32 heavy (non-hydrogen) atoms. The molecule has 0 saturated carbocycles. The van der Waals surface area contributed by atoms with Gasteiger partial charge in [0, 0.05) is 36.2 Å². The lowest BCUT2D eigenvalue weighted by molar-refractivity contribution is -0.126. The fourth-order valence-electron chi connectivity index (χ4n) is 3.02. The third-order valence-corrected chi connectivity index (χ3v) is 4.55. The van der Waals surface area contributed by atoms with Gasteiger partial charge in [-0.3, -0.25) is 14.6 Å². The van der Waals surface area contributed by atoms with E-state index in [1.165, 1.54) is 24.4 Å². The van der Waals surface area contributed by atoms with Gasteiger partial charge in [-0.2, -0.15) is 13.2 Å². The van der Waals surface area contributed by atoms with Gasteiger partial charge in [-0.25, -0.2) is 0 Å². The van der Waals surface area contributed by atoms with Crippen molar-refractivity contribution in [3.8, 4) is 5.75 Å². The number of pyridine rings is 1. The fourth-order valence-corrected chi connectivity index (χ4v) is 3.02. The Hall–Kier alpha value is -2.94. The molecule has 0 aliphatic rings. The molecule has 1 aromatic carbocycles. The number of hydrogen-bond acceptors (Lipinski definition) is 5. The van der Waals surface area contributed by atoms with Crippen LogP contribution in [-0.4, -0.2) is 40.0 Å². The average Bonchev–Trinajstić information content (AvgIpc) is 2.66. The Morgan fingerprint density at radius 3 is 2.41 bits per heavy atom. The number of benzene rings is 1. The summed E-state index contributed by atoms with van der Waals surface area (Å²) >= 11 is 0. The van der Waals surface area contributed by atoms with Crippen molar-refractivity contribution in [1.82, 2.24) is 15.6 Å². The summed E-state index contributed by atoms with van der Waals surface area (Å²) in [5.74, 6) is -0.677. The molecule has 9 heteroatoms. The normalized spacial score (nSPS) is 13.0. The molecule has 0 aliphatic carbocycles. The monoisotopic (exact) mass is 451 g/mol. The molecule has 1 heterocycles. The maximum atomic E-state index is 12.6. The molecule has 1 aromatic heterocycles. The van der Waals surface area contributed by atoms with Gasteiger partial charge in [-0.1, -0.05) is 12.1 Å². The predicted molar refractivity (Wildman–Crippen MR) is 114 cm³/mol. The molecule has 174 valence electrons. The number of aromatic hydroxyl groups is 1. The van der Waals surface area contributed by atoms with E-state index in [0.29, 0.717) is 16.7 Å². The number of alkyl halides is 3. The van der Waals surface area contributed by atoms with Gasteiger partial charge in [0.25, 0.3) is 5.91 Å². The second-order valence-electron chi connectivity index (χ2n) is 8.75. The van der Waals surface area contributed by atoms with Crippen molar-refractivity contribution in [3.63, 3.8) is 0 Å². The molecule has 2 aromatic rings. The lowest BCUT2D eigenvalue weighted by Gasteiger charge is -2.20. The topological polar surface area (TPSA) is 91.3 Å². The standard InChI is InChI=1S/C23H28F3N3O3/c1-14(28-13-23(24,25)26)16-5-6-20(31)17(11-16)12-18(30)9-15-7-8-27-19(10-15)21(32)29-22(2,3)4/h5-8,10-11,14,28,31H,9,12-13H2,1-4H3,(H,29,32). The van der Waals surface area contributed by atoms with E-state index in [0.717, 1.165) is 0 Å². The van der Waals surface area contributed by atoms with Crippen molar-refractivity contribution >= 4 is 11.7 Å². The third kappa shape index (κ3) is 8.30. The Labute approximate surface area is 185 Å². The van der Waals surface area contributed by atoms with Crippen LogP contribution in [0.1, 0.15) is 60.9 Å². The molecule has 0 spiro atoms. The molecule has 1 unspecified atom stereocenters. The van der Waals surface area contributed by atoms with Gasteiger partial charge in [-0.05, 0) is 57.0 Å². The van der Waals surface area contributed by atoms with E-state index >= 15 is 0 Å². The van der Waals surface area contributed by atoms with Crippen LogP contribution in [0.3, 0.4) is 0 Å². The molecular weight excluding hydrogens is 423 g/mol. The third-order valence-electron chi connectivity index (χ3n) is 4.55. The summed E-state index contributed by atoms with van der Waals surface area (Å²) in [6.07, 6.45) is -2.97. The van der Waals surface area contributed by atoms with E-state index in [2.05, 4.69) is 15.6 Å². The number of phenolic OH excluding ortho intramolecular Hbond substituents is 1. The number of hydrogen-bond donors (Lipinski definition) is 3. The zero-order valence-corrected chi connectivity index (χ0v) is 18.5. The summed E-state index contributed by atoms with van der Waals surface area (Å²) in [6, 6.07) is 6.96. The number of carbonyl (C=O) groups excluding carboxylic acids is 2. The van der Waals surface area contributed by atoms with Crippen LogP contribution in [0.25, 0.3) is 0 Å². The zero-order valence-electron chi connectivity index (χ0n) is 18.5. The first kappa shape index (κ1) is 25.3. The van der Waals surface area contributed by atoms with Gasteiger partial charge < -0.3 is 15.7 Å². The fraction of sp³-hybridized carbons (Fsp3) is 0.435. The van der Waals surface area contributed by atoms with Crippen LogP contribution in [-0.2, 0) is 17.6 Å². The quantitative estimate of drug-likeness (QED) is 0.567. The van der Waals surface area contributed by atoms with Crippen molar-refractivity contribution in [1.29, 1.82) is 0 Å². The number of aromatic nitrogens is 1. The maximum absolute atomic E-state index is 12.6. The highest BCUT2D eigenvalue weighted by Crippen LogP contribution is 2.24. The highest BCUT2D eigenvalue weighted by Gasteiger charge is 2.27. The summed E-state index contributed by atoms with van der Waals surface area (Å²) in [5.41, 5.74) is 1.21. The van der Waals surface area contributed by atoms with Gasteiger partial charge in [0.05, 0.1) is 6.54 Å². The van der Waals surface area contributed by atoms with Crippen LogP contribution in [0.5, 0.6) is 5.75 Å². The Bertz CT molecular complexity index is 969. The minimum Gasteiger partial charge on any atom is -0.508 e. The first-order chi connectivity index (χ1) is 14.7. The molecule has 1 atom stereocenters. The number of nitrogens with one attached hydrogen (secondary N) is 2. The van der Waals surface area contributed by atoms with Crippen molar-refractivity contribution in [3.05, 3.63) is 58.9 Å². The van der Waals surface area contributed by atoms with Crippen molar-refractivity contribution in [2.75, 3.05) is 6.54 Å². The molecule has 2 rings (SSSR count). The largest absolute Gasteiger partial charge is 0.508 e. The number of halogens is 3. The van der Waals surface area contributed by atoms with Crippen LogP contribution in [0.2, 0.25) is 0 Å². The summed E-state index contributed by atoms with van der Waals surface area (Å²) in [4.78, 5) is 28.9. The number of phenols is 1. The van der Waals surface area contributed by atoms with E-state index in [-0.39, 0.29) is 36.0 Å². The smallest absolute Gasteiger partial charge is 0.401 e. The Kier molecular flexibility index (Phi) is 8.01. The Morgan fingerprint density at radius 2 is 1.78 bits per heavy atom. The lowest BCUT2D eigenvalue weighted by atomic mass is 9.98. The molecule has 0 radical (unpaired) electrons. The van der Waals surface area contributed by atoms with E-state index in [1.54, 1.807) is 19.1 Å². The maximum Gasteiger partial charge on any atom is 0.401 e. The predicted octanol–water partition coefficient (Wildman–Crippen LogP) is 3.88. The molecule has 0 bridgehead atoms. The number of amides is 1. The van der Waals surface area contributed by atoms with Gasteiger partial charge in [0.15, 0.2) is 0 Å². The van der Waals surface area contributed by atoms with E-state index in [1.807, 2.05) is 20.8 Å². The van der Waals surface area contributed by atoms with Crippen LogP contribution < -0.4 is 10.6 Å². The molecular formula is C23H28F3N3O3. The van der Waals surface area contributed by atoms with Crippen LogP contribution in [0, 0.1) is 0 Å². The zero-order chi connectivity index (χ0) is 24.1. The molecule has 0 aliphatic heterocycles. The Morgan fingerprint density at radius 1 is 1.09 bits per heavy atom. The van der Waals surface area contributed by atoms with Gasteiger partial charge >= 0.3 is 6.18 Å². The molecule has 1 amide bonds. The summed E-state index contributed by atoms with van der Waals surface area (Å²) in [7, 11) is 0. The SMILES string of the molecule is CC(NCC(F)(F)F)c1ccc(O)c(CC(=O)Cc2ccnc(C(=O)NC(C)(C)C)c2)c1. The first-order valence-electron chi connectivity index (χ1n) is 10.1. The summed E-state index contributed by atoms with van der Waals surface area (Å²) in [5, 5.41) is 15.3. The minimum absolute atomic E-state index is 0.0177. The highest BCUT2D eigenvalue weighted by atomic mass is 19.4. The van der Waals surface area contributed by atoms with E-state index < -0.39 is 24.3 Å². The number of nitrogens with zero attached hydrogens (tertiary/aromatic N) is 1. The number of carbonyl (C=O) groups is 2. The van der Waals surface area contributed by atoms with Gasteiger partial charge in [0.2, 0.25) is 0 Å². The van der Waals surface area contributed by atoms with Crippen LogP contribution in [0.4, 0.5) is 13.2 Å². The highest BCUT2D eigenvalue weighted by molar-refractivity contribution is 5.93. The first-order valence-corrected chi connectivity index (χ1v) is 10.1. The van der Waals surface area contributed by atoms with Crippen molar-refractivity contribution < 1.29 is 27.9 Å². The second kappa shape index (κ2) is 10.1. The molecule has 6 nitrogen and oxygen atoms in total. The van der Waals surface area contributed by atoms with Crippen molar-refractivity contribution in [2.24, 2.45) is 0 Å². The van der Waals surface area contributed by atoms with Gasteiger partial charge in [-0.15, -0.1) is 0 Å². The Balaban J connectivity index is 2.07. The van der Waals surface area contributed by atoms with Crippen LogP contribution >= 0.6 is 0 Å². The summed E-state index contributed by atoms with van der Waals surface area (Å²) < 4.78 is 37.3. The van der Waals surface area contributed by atoms with E-state index in [9.17, 15) is 27.9 Å². The van der Waals surface area contributed by atoms with E-state index in [4.69, 9.17) is 0 Å². The summed E-state index contributed by atoms with van der Waals surface area (Å²) in [6.45, 7) is 5.97.